The van der Waals surface area contributed by atoms with E-state index < -0.39 is 23.1 Å². The Balaban J connectivity index is 1.28. The number of nitrogens with one attached hydrogen (secondary N) is 2. The minimum absolute atomic E-state index is 0.0658. The van der Waals surface area contributed by atoms with Crippen molar-refractivity contribution in [2.24, 2.45) is 7.05 Å². The van der Waals surface area contributed by atoms with Gasteiger partial charge in [0.15, 0.2) is 11.6 Å². The number of carbonyl (C=O) groups excluding carboxylic acids is 1. The molecule has 0 atom stereocenters. The first-order valence-corrected chi connectivity index (χ1v) is 13.8. The molecule has 0 bridgehead atoms. The van der Waals surface area contributed by atoms with Crippen molar-refractivity contribution < 1.29 is 18.3 Å². The van der Waals surface area contributed by atoms with Gasteiger partial charge in [-0.3, -0.25) is 23.9 Å². The molecule has 6 aromatic rings. The third-order valence-corrected chi connectivity index (χ3v) is 7.39. The lowest BCUT2D eigenvalue weighted by Gasteiger charge is -2.14. The third kappa shape index (κ3) is 5.03. The monoisotopic (exact) mass is 584 g/mol. The smallest absolute Gasteiger partial charge is 0.268 e. The standard InChI is InChI=1S/C30H22F2N6O3S/c1-37-25-13-23(18-14-33-34-15-18)27(11-17(25)16-35-37)41-26-9-5-20(12-24(26)32)36-29(39)22-8-10-28(42-2)38(30(22)40)21-6-3-19(31)4-7-21/h3-16H,1-2H3,(H,33,34)(H,36,39). The lowest BCUT2D eigenvalue weighted by Crippen LogP contribution is -2.29. The number of aromatic nitrogens is 5. The number of hydrogen-bond donors (Lipinski definition) is 2. The summed E-state index contributed by atoms with van der Waals surface area (Å²) in [5, 5.41) is 15.0. The number of rotatable bonds is 7. The highest BCUT2D eigenvalue weighted by Crippen LogP contribution is 2.37. The van der Waals surface area contributed by atoms with E-state index in [-0.39, 0.29) is 17.0 Å². The number of H-pyrrole nitrogens is 1. The lowest BCUT2D eigenvalue weighted by atomic mass is 10.1. The molecule has 9 nitrogen and oxygen atoms in total. The Labute approximate surface area is 241 Å². The molecule has 3 aromatic carbocycles. The SMILES string of the molecule is CSc1ccc(C(=O)Nc2ccc(Oc3cc4cnn(C)c4cc3-c3cn[nH]c3)c(F)c2)c(=O)n1-c1ccc(F)cc1. The summed E-state index contributed by atoms with van der Waals surface area (Å²) in [5.74, 6) is -1.57. The van der Waals surface area contributed by atoms with E-state index in [4.69, 9.17) is 4.74 Å². The molecular formula is C30H22F2N6O3S. The zero-order valence-electron chi connectivity index (χ0n) is 22.3. The van der Waals surface area contributed by atoms with Crippen molar-refractivity contribution in [3.8, 4) is 28.3 Å². The largest absolute Gasteiger partial charge is 0.454 e. The molecule has 0 aliphatic rings. The van der Waals surface area contributed by atoms with Gasteiger partial charge in [0, 0.05) is 47.2 Å². The fraction of sp³-hybridized carbons (Fsp3) is 0.0667. The van der Waals surface area contributed by atoms with Crippen LogP contribution in [0.4, 0.5) is 14.5 Å². The summed E-state index contributed by atoms with van der Waals surface area (Å²) in [5.41, 5.74) is 2.08. The molecule has 0 aliphatic heterocycles. The van der Waals surface area contributed by atoms with Crippen molar-refractivity contribution in [1.29, 1.82) is 0 Å². The molecule has 0 radical (unpaired) electrons. The van der Waals surface area contributed by atoms with E-state index in [1.54, 1.807) is 41.7 Å². The molecule has 1 amide bonds. The fourth-order valence-electron chi connectivity index (χ4n) is 4.55. The molecule has 3 aromatic heterocycles. The summed E-state index contributed by atoms with van der Waals surface area (Å²) in [6.07, 6.45) is 6.81. The van der Waals surface area contributed by atoms with Crippen LogP contribution in [-0.2, 0) is 7.05 Å². The quantitative estimate of drug-likeness (QED) is 0.218. The van der Waals surface area contributed by atoms with Gasteiger partial charge in [0.1, 0.15) is 17.1 Å². The molecule has 0 aliphatic carbocycles. The van der Waals surface area contributed by atoms with Crippen LogP contribution in [0.2, 0.25) is 0 Å². The van der Waals surface area contributed by atoms with Crippen LogP contribution < -0.4 is 15.6 Å². The van der Waals surface area contributed by atoms with Gasteiger partial charge in [-0.05, 0) is 66.9 Å². The van der Waals surface area contributed by atoms with Crippen LogP contribution in [0.5, 0.6) is 11.5 Å². The number of benzene rings is 3. The third-order valence-electron chi connectivity index (χ3n) is 6.65. The van der Waals surface area contributed by atoms with Crippen molar-refractivity contribution >= 4 is 34.3 Å². The molecule has 3 heterocycles. The normalized spacial score (nSPS) is 11.1. The highest BCUT2D eigenvalue weighted by Gasteiger charge is 2.19. The number of anilines is 1. The van der Waals surface area contributed by atoms with Gasteiger partial charge >= 0.3 is 0 Å². The summed E-state index contributed by atoms with van der Waals surface area (Å²) in [4.78, 5) is 26.4. The average Bonchev–Trinajstić information content (AvgIpc) is 3.64. The fourth-order valence-corrected chi connectivity index (χ4v) is 5.13. The van der Waals surface area contributed by atoms with Gasteiger partial charge in [-0.25, -0.2) is 8.78 Å². The predicted octanol–water partition coefficient (Wildman–Crippen LogP) is 6.16. The Bertz CT molecular complexity index is 2000. The molecule has 0 fully saturated rings. The molecule has 42 heavy (non-hydrogen) atoms. The highest BCUT2D eigenvalue weighted by atomic mass is 32.2. The summed E-state index contributed by atoms with van der Waals surface area (Å²) >= 11 is 1.30. The number of carbonyl (C=O) groups is 1. The molecule has 12 heteroatoms. The molecule has 2 N–H and O–H groups in total. The van der Waals surface area contributed by atoms with E-state index >= 15 is 4.39 Å². The van der Waals surface area contributed by atoms with Crippen LogP contribution in [-0.4, -0.2) is 36.7 Å². The summed E-state index contributed by atoms with van der Waals surface area (Å²) in [6, 6.07) is 16.0. The number of amides is 1. The number of ether oxygens (including phenoxy) is 1. The second-order valence-corrected chi connectivity index (χ2v) is 10.1. The second kappa shape index (κ2) is 11.0. The van der Waals surface area contributed by atoms with Crippen molar-refractivity contribution in [2.75, 3.05) is 11.6 Å². The van der Waals surface area contributed by atoms with Gasteiger partial charge in [0.25, 0.3) is 11.5 Å². The molecule has 0 spiro atoms. The van der Waals surface area contributed by atoms with Gasteiger partial charge in [0.05, 0.1) is 22.9 Å². The maximum absolute atomic E-state index is 15.3. The van der Waals surface area contributed by atoms with Crippen molar-refractivity contribution in [2.45, 2.75) is 5.03 Å². The van der Waals surface area contributed by atoms with Gasteiger partial charge in [0.2, 0.25) is 0 Å². The Morgan fingerprint density at radius 2 is 1.81 bits per heavy atom. The summed E-state index contributed by atoms with van der Waals surface area (Å²) in [7, 11) is 1.82. The number of pyridine rings is 1. The Morgan fingerprint density at radius 3 is 2.52 bits per heavy atom. The van der Waals surface area contributed by atoms with Crippen LogP contribution in [0.25, 0.3) is 27.7 Å². The number of thioether (sulfide) groups is 1. The predicted molar refractivity (Wildman–Crippen MR) is 157 cm³/mol. The number of halogens is 2. The zero-order chi connectivity index (χ0) is 29.4. The molecule has 210 valence electrons. The van der Waals surface area contributed by atoms with Crippen LogP contribution in [0, 0.1) is 11.6 Å². The van der Waals surface area contributed by atoms with Gasteiger partial charge in [-0.1, -0.05) is 0 Å². The van der Waals surface area contributed by atoms with Crippen LogP contribution in [0.1, 0.15) is 10.4 Å². The van der Waals surface area contributed by atoms with E-state index in [1.807, 2.05) is 13.1 Å². The van der Waals surface area contributed by atoms with Gasteiger partial charge < -0.3 is 10.1 Å². The Kier molecular flexibility index (Phi) is 7.05. The number of aryl methyl sites for hydroxylation is 1. The van der Waals surface area contributed by atoms with Gasteiger partial charge in [-0.15, -0.1) is 11.8 Å². The lowest BCUT2D eigenvalue weighted by molar-refractivity contribution is 0.102. The first kappa shape index (κ1) is 27.0. The van der Waals surface area contributed by atoms with E-state index in [1.165, 1.54) is 58.8 Å². The molecule has 6 rings (SSSR count). The number of aromatic amines is 1. The molecular weight excluding hydrogens is 562 g/mol. The number of fused-ring (bicyclic) bond motifs is 1. The van der Waals surface area contributed by atoms with Crippen LogP contribution in [0.3, 0.4) is 0 Å². The maximum Gasteiger partial charge on any atom is 0.268 e. The van der Waals surface area contributed by atoms with Crippen LogP contribution >= 0.6 is 11.8 Å². The maximum atomic E-state index is 15.3. The Hall–Kier alpha value is -5.23. The summed E-state index contributed by atoms with van der Waals surface area (Å²) in [6.45, 7) is 0. The number of hydrogen-bond acceptors (Lipinski definition) is 6. The topological polar surface area (TPSA) is 107 Å². The second-order valence-electron chi connectivity index (χ2n) is 9.27. The van der Waals surface area contributed by atoms with Gasteiger partial charge in [-0.2, -0.15) is 10.2 Å². The van der Waals surface area contributed by atoms with Crippen LogP contribution in [0.15, 0.2) is 95.1 Å². The van der Waals surface area contributed by atoms with E-state index in [0.29, 0.717) is 22.0 Å². The van der Waals surface area contributed by atoms with E-state index in [2.05, 4.69) is 20.6 Å². The van der Waals surface area contributed by atoms with E-state index in [0.717, 1.165) is 22.5 Å². The highest BCUT2D eigenvalue weighted by molar-refractivity contribution is 7.98. The summed E-state index contributed by atoms with van der Waals surface area (Å²) < 4.78 is 37.8. The molecule has 0 saturated heterocycles. The first-order chi connectivity index (χ1) is 20.3. The van der Waals surface area contributed by atoms with Crippen molar-refractivity contribution in [3.63, 3.8) is 0 Å². The average molecular weight is 585 g/mol. The first-order valence-electron chi connectivity index (χ1n) is 12.6. The molecule has 0 unspecified atom stereocenters. The zero-order valence-corrected chi connectivity index (χ0v) is 23.1. The van der Waals surface area contributed by atoms with Crippen molar-refractivity contribution in [1.82, 2.24) is 24.5 Å². The minimum atomic E-state index is -0.723. The Morgan fingerprint density at radius 1 is 1.00 bits per heavy atom. The molecule has 0 saturated carbocycles. The number of nitrogens with zero attached hydrogens (tertiary/aromatic N) is 4. The van der Waals surface area contributed by atoms with Crippen molar-refractivity contribution in [3.05, 3.63) is 113 Å². The minimum Gasteiger partial charge on any atom is -0.454 e. The van der Waals surface area contributed by atoms with E-state index in [9.17, 15) is 14.0 Å².